The summed E-state index contributed by atoms with van der Waals surface area (Å²) >= 11 is 0. The number of nitrogens with zero attached hydrogens (tertiary/aromatic N) is 1. The van der Waals surface area contributed by atoms with Gasteiger partial charge < -0.3 is 19.3 Å². The van der Waals surface area contributed by atoms with Crippen molar-refractivity contribution in [1.82, 2.24) is 4.98 Å². The van der Waals surface area contributed by atoms with Gasteiger partial charge in [-0.15, -0.1) is 0 Å². The molecule has 1 aromatic carbocycles. The Bertz CT molecular complexity index is 818. The van der Waals surface area contributed by atoms with Crippen molar-refractivity contribution in [2.75, 3.05) is 13.7 Å². The number of aromatic nitrogens is 1. The topological polar surface area (TPSA) is 95.0 Å². The van der Waals surface area contributed by atoms with Crippen molar-refractivity contribution in [2.24, 2.45) is 5.92 Å². The molecule has 0 saturated carbocycles. The normalized spacial score (nSPS) is 12.7. The summed E-state index contributed by atoms with van der Waals surface area (Å²) in [6.07, 6.45) is 0.886. The van der Waals surface area contributed by atoms with Crippen molar-refractivity contribution in [2.45, 2.75) is 33.3 Å². The maximum atomic E-state index is 12.3. The van der Waals surface area contributed by atoms with E-state index < -0.39 is 17.7 Å². The summed E-state index contributed by atoms with van der Waals surface area (Å²) in [5.41, 5.74) is 0.997. The van der Waals surface area contributed by atoms with Crippen LogP contribution in [-0.2, 0) is 9.53 Å². The smallest absolute Gasteiger partial charge is 0.309 e. The van der Waals surface area contributed by atoms with E-state index in [9.17, 15) is 14.7 Å². The molecule has 28 heavy (non-hydrogen) atoms. The molecule has 0 bridgehead atoms. The number of hydrogen-bond donors (Lipinski definition) is 1. The van der Waals surface area contributed by atoms with Crippen LogP contribution in [0.25, 0.3) is 0 Å². The molecule has 7 nitrogen and oxygen atoms in total. The third-order valence-electron chi connectivity index (χ3n) is 4.08. The minimum atomic E-state index is -0.688. The van der Waals surface area contributed by atoms with Gasteiger partial charge >= 0.3 is 5.97 Å². The summed E-state index contributed by atoms with van der Waals surface area (Å²) < 4.78 is 15.9. The molecule has 0 radical (unpaired) electrons. The number of ether oxygens (including phenoxy) is 3. The Balaban J connectivity index is 1.85. The third kappa shape index (κ3) is 5.70. The highest BCUT2D eigenvalue weighted by Crippen LogP contribution is 2.29. The molecule has 0 aliphatic rings. The molecule has 0 aliphatic carbocycles. The van der Waals surface area contributed by atoms with Gasteiger partial charge in [0, 0.05) is 18.7 Å². The number of carbonyl (C=O) groups is 2. The van der Waals surface area contributed by atoms with Gasteiger partial charge in [-0.05, 0) is 26.0 Å². The average Bonchev–Trinajstić information content (AvgIpc) is 2.67. The highest BCUT2D eigenvalue weighted by molar-refractivity contribution is 5.99. The van der Waals surface area contributed by atoms with Crippen molar-refractivity contribution in [3.63, 3.8) is 0 Å². The average molecular weight is 387 g/mol. The standard InChI is InChI=1S/C21H25NO6/c1-13-5-7-16(8-6-13)28-15(3)12-27-21(25)14(2)11-17(23)19-20(24)18(26-4)9-10-22-19/h5-10,14-15,24H,11-12H2,1-4H3/t14-,15+/m1/s1. The molecule has 2 aromatic rings. The second-order valence-electron chi connectivity index (χ2n) is 6.61. The second kappa shape index (κ2) is 9.73. The molecule has 7 heteroatoms. The minimum Gasteiger partial charge on any atom is -0.503 e. The summed E-state index contributed by atoms with van der Waals surface area (Å²) in [7, 11) is 1.38. The van der Waals surface area contributed by atoms with Crippen molar-refractivity contribution in [3.05, 3.63) is 47.8 Å². The fourth-order valence-corrected chi connectivity index (χ4v) is 2.49. The first kappa shape index (κ1) is 21.2. The highest BCUT2D eigenvalue weighted by atomic mass is 16.6. The number of esters is 1. The predicted molar refractivity (Wildman–Crippen MR) is 103 cm³/mol. The molecule has 150 valence electrons. The summed E-state index contributed by atoms with van der Waals surface area (Å²) in [5, 5.41) is 10.0. The lowest BCUT2D eigenvalue weighted by Crippen LogP contribution is -2.25. The van der Waals surface area contributed by atoms with Gasteiger partial charge in [-0.25, -0.2) is 4.98 Å². The molecular formula is C21H25NO6. The van der Waals surface area contributed by atoms with Crippen LogP contribution < -0.4 is 9.47 Å². The lowest BCUT2D eigenvalue weighted by atomic mass is 10.0. The molecule has 0 amide bonds. The maximum absolute atomic E-state index is 12.3. The fraction of sp³-hybridized carbons (Fsp3) is 0.381. The SMILES string of the molecule is COc1ccnc(C(=O)C[C@@H](C)C(=O)OC[C@H](C)Oc2ccc(C)cc2)c1O. The van der Waals surface area contributed by atoms with Crippen molar-refractivity contribution in [1.29, 1.82) is 0 Å². The van der Waals surface area contributed by atoms with Crippen LogP contribution in [-0.4, -0.2) is 41.7 Å². The van der Waals surface area contributed by atoms with Gasteiger partial charge in [0.2, 0.25) is 0 Å². The number of rotatable bonds is 9. The summed E-state index contributed by atoms with van der Waals surface area (Å²) in [6, 6.07) is 9.01. The van der Waals surface area contributed by atoms with Crippen LogP contribution in [0.2, 0.25) is 0 Å². The van der Waals surface area contributed by atoms with Crippen LogP contribution in [0.4, 0.5) is 0 Å². The van der Waals surface area contributed by atoms with E-state index in [1.807, 2.05) is 31.2 Å². The van der Waals surface area contributed by atoms with Crippen LogP contribution >= 0.6 is 0 Å². The van der Waals surface area contributed by atoms with Gasteiger partial charge in [-0.3, -0.25) is 9.59 Å². The molecule has 2 rings (SSSR count). The Morgan fingerprint density at radius 1 is 1.14 bits per heavy atom. The molecule has 0 fully saturated rings. The maximum Gasteiger partial charge on any atom is 0.309 e. The first-order chi connectivity index (χ1) is 13.3. The van der Waals surface area contributed by atoms with Gasteiger partial charge in [-0.1, -0.05) is 24.6 Å². The van der Waals surface area contributed by atoms with Gasteiger partial charge in [0.25, 0.3) is 0 Å². The van der Waals surface area contributed by atoms with Crippen molar-refractivity contribution >= 4 is 11.8 Å². The summed E-state index contributed by atoms with van der Waals surface area (Å²) in [4.78, 5) is 28.4. The molecule has 2 atom stereocenters. The molecule has 1 aromatic heterocycles. The second-order valence-corrected chi connectivity index (χ2v) is 6.61. The van der Waals surface area contributed by atoms with Crippen molar-refractivity contribution in [3.8, 4) is 17.2 Å². The van der Waals surface area contributed by atoms with Gasteiger partial charge in [0.15, 0.2) is 23.0 Å². The number of ketones is 1. The van der Waals surface area contributed by atoms with Crippen LogP contribution in [0, 0.1) is 12.8 Å². The van der Waals surface area contributed by atoms with Gasteiger partial charge in [0.05, 0.1) is 13.0 Å². The molecule has 1 heterocycles. The number of pyridine rings is 1. The van der Waals surface area contributed by atoms with E-state index in [4.69, 9.17) is 14.2 Å². The molecule has 0 spiro atoms. The molecule has 0 unspecified atom stereocenters. The van der Waals surface area contributed by atoms with E-state index in [-0.39, 0.29) is 36.3 Å². The third-order valence-corrected chi connectivity index (χ3v) is 4.08. The number of hydrogen-bond acceptors (Lipinski definition) is 7. The van der Waals surface area contributed by atoms with E-state index in [0.29, 0.717) is 5.75 Å². The fourth-order valence-electron chi connectivity index (χ4n) is 2.49. The monoisotopic (exact) mass is 387 g/mol. The zero-order chi connectivity index (χ0) is 20.7. The Morgan fingerprint density at radius 2 is 1.82 bits per heavy atom. The molecular weight excluding hydrogens is 362 g/mol. The number of carbonyl (C=O) groups excluding carboxylic acids is 2. The quantitative estimate of drug-likeness (QED) is 0.521. The van der Waals surface area contributed by atoms with E-state index in [1.54, 1.807) is 13.8 Å². The highest BCUT2D eigenvalue weighted by Gasteiger charge is 2.24. The van der Waals surface area contributed by atoms with Crippen LogP contribution in [0.3, 0.4) is 0 Å². The van der Waals surface area contributed by atoms with E-state index in [0.717, 1.165) is 5.56 Å². The molecule has 0 saturated heterocycles. The minimum absolute atomic E-state index is 0.0634. The van der Waals surface area contributed by atoms with Crippen LogP contribution in [0.1, 0.15) is 36.3 Å². The van der Waals surface area contributed by atoms with Crippen LogP contribution in [0.5, 0.6) is 17.2 Å². The predicted octanol–water partition coefficient (Wildman–Crippen LogP) is 3.32. The Morgan fingerprint density at radius 3 is 2.46 bits per heavy atom. The number of methoxy groups -OCH3 is 1. The zero-order valence-corrected chi connectivity index (χ0v) is 16.5. The van der Waals surface area contributed by atoms with Crippen molar-refractivity contribution < 1.29 is 28.9 Å². The first-order valence-electron chi connectivity index (χ1n) is 8.97. The Hall–Kier alpha value is -3.09. The largest absolute Gasteiger partial charge is 0.503 e. The summed E-state index contributed by atoms with van der Waals surface area (Å²) in [5.74, 6) is -1.17. The number of aromatic hydroxyl groups is 1. The Labute approximate surface area is 164 Å². The van der Waals surface area contributed by atoms with Gasteiger partial charge in [-0.2, -0.15) is 0 Å². The molecule has 1 N–H and O–H groups in total. The summed E-state index contributed by atoms with van der Waals surface area (Å²) in [6.45, 7) is 5.43. The van der Waals surface area contributed by atoms with E-state index in [2.05, 4.69) is 4.98 Å². The van der Waals surface area contributed by atoms with Crippen LogP contribution in [0.15, 0.2) is 36.5 Å². The van der Waals surface area contributed by atoms with Gasteiger partial charge in [0.1, 0.15) is 18.5 Å². The lowest BCUT2D eigenvalue weighted by Gasteiger charge is -2.17. The number of aryl methyl sites for hydroxylation is 1. The van der Waals surface area contributed by atoms with E-state index >= 15 is 0 Å². The first-order valence-corrected chi connectivity index (χ1v) is 8.97. The lowest BCUT2D eigenvalue weighted by molar-refractivity contribution is -0.150. The van der Waals surface area contributed by atoms with E-state index in [1.165, 1.54) is 19.4 Å². The number of Topliss-reactive ketones (excluding diaryl/α,β-unsaturated/α-hetero) is 1. The zero-order valence-electron chi connectivity index (χ0n) is 16.5. The molecule has 0 aliphatic heterocycles. The Kier molecular flexibility index (Phi) is 7.37. The number of benzene rings is 1.